The number of ether oxygens (including phenoxy) is 2. The van der Waals surface area contributed by atoms with Gasteiger partial charge in [0.15, 0.2) is 0 Å². The van der Waals surface area contributed by atoms with Gasteiger partial charge >= 0.3 is 0 Å². The molecular weight excluding hydrogens is 344 g/mol. The molecule has 1 aromatic rings. The molecule has 1 aliphatic carbocycles. The van der Waals surface area contributed by atoms with Crippen molar-refractivity contribution in [2.45, 2.75) is 25.3 Å². The number of benzene rings is 1. The van der Waals surface area contributed by atoms with Crippen molar-refractivity contribution >= 4 is 15.9 Å². The van der Waals surface area contributed by atoms with Gasteiger partial charge in [-0.3, -0.25) is 4.90 Å². The van der Waals surface area contributed by atoms with Crippen molar-refractivity contribution < 1.29 is 9.47 Å². The summed E-state index contributed by atoms with van der Waals surface area (Å²) in [6.45, 7) is 4.37. The van der Waals surface area contributed by atoms with Gasteiger partial charge in [0.2, 0.25) is 0 Å². The van der Waals surface area contributed by atoms with E-state index < -0.39 is 0 Å². The zero-order chi connectivity index (χ0) is 15.5. The number of hydrogen-bond donors (Lipinski definition) is 1. The van der Waals surface area contributed by atoms with Crippen molar-refractivity contribution in [3.05, 3.63) is 22.2 Å². The number of piperazine rings is 1. The second-order valence-corrected chi connectivity index (χ2v) is 7.01. The zero-order valence-corrected chi connectivity index (χ0v) is 15.0. The molecule has 4 nitrogen and oxygen atoms in total. The summed E-state index contributed by atoms with van der Waals surface area (Å²) in [4.78, 5) is 2.61. The van der Waals surface area contributed by atoms with Gasteiger partial charge in [-0.05, 0) is 46.0 Å². The molecule has 122 valence electrons. The fourth-order valence-corrected chi connectivity index (χ4v) is 3.79. The van der Waals surface area contributed by atoms with E-state index in [1.54, 1.807) is 14.2 Å². The largest absolute Gasteiger partial charge is 0.495 e. The first-order valence-corrected chi connectivity index (χ1v) is 8.88. The van der Waals surface area contributed by atoms with Crippen LogP contribution >= 0.6 is 15.9 Å². The Bertz CT molecular complexity index is 488. The molecule has 2 aliphatic rings. The second-order valence-electron chi connectivity index (χ2n) is 6.22. The molecule has 0 amide bonds. The molecule has 0 aromatic heterocycles. The SMILES string of the molecule is COc1cc([C@@H](CC2CC2)N2CCNCC2)cc(OC)c1Br. The summed E-state index contributed by atoms with van der Waals surface area (Å²) >= 11 is 3.57. The first kappa shape index (κ1) is 16.1. The quantitative estimate of drug-likeness (QED) is 0.835. The van der Waals surface area contributed by atoms with Gasteiger partial charge < -0.3 is 14.8 Å². The fraction of sp³-hybridized carbons (Fsp3) is 0.647. The van der Waals surface area contributed by atoms with Crippen LogP contribution in [-0.2, 0) is 0 Å². The monoisotopic (exact) mass is 368 g/mol. The van der Waals surface area contributed by atoms with Gasteiger partial charge in [0.25, 0.3) is 0 Å². The summed E-state index contributed by atoms with van der Waals surface area (Å²) in [7, 11) is 3.42. The minimum absolute atomic E-state index is 0.463. The van der Waals surface area contributed by atoms with Crippen molar-refractivity contribution in [1.29, 1.82) is 0 Å². The van der Waals surface area contributed by atoms with E-state index in [4.69, 9.17) is 9.47 Å². The van der Waals surface area contributed by atoms with Crippen LogP contribution in [0.1, 0.15) is 30.9 Å². The Balaban J connectivity index is 1.91. The van der Waals surface area contributed by atoms with Crippen LogP contribution in [0.3, 0.4) is 0 Å². The van der Waals surface area contributed by atoms with Gasteiger partial charge in [0.1, 0.15) is 16.0 Å². The molecule has 0 radical (unpaired) electrons. The van der Waals surface area contributed by atoms with Crippen molar-refractivity contribution in [3.8, 4) is 11.5 Å². The van der Waals surface area contributed by atoms with E-state index in [9.17, 15) is 0 Å². The minimum Gasteiger partial charge on any atom is -0.495 e. The maximum Gasteiger partial charge on any atom is 0.137 e. The van der Waals surface area contributed by atoms with Crippen LogP contribution in [0.15, 0.2) is 16.6 Å². The van der Waals surface area contributed by atoms with E-state index in [1.807, 2.05) is 0 Å². The Morgan fingerprint density at radius 2 is 1.77 bits per heavy atom. The molecule has 1 aliphatic heterocycles. The normalized spacial score (nSPS) is 20.7. The summed E-state index contributed by atoms with van der Waals surface area (Å²) in [5.74, 6) is 2.59. The van der Waals surface area contributed by atoms with E-state index in [0.717, 1.165) is 48.1 Å². The molecule has 3 rings (SSSR count). The number of methoxy groups -OCH3 is 2. The highest BCUT2D eigenvalue weighted by atomic mass is 79.9. The van der Waals surface area contributed by atoms with E-state index in [0.29, 0.717) is 6.04 Å². The van der Waals surface area contributed by atoms with Crippen LogP contribution in [0.25, 0.3) is 0 Å². The first-order valence-electron chi connectivity index (χ1n) is 8.09. The van der Waals surface area contributed by atoms with Crippen molar-refractivity contribution in [2.24, 2.45) is 5.92 Å². The molecule has 1 N–H and O–H groups in total. The molecule has 1 heterocycles. The predicted octanol–water partition coefficient (Wildman–Crippen LogP) is 3.21. The van der Waals surface area contributed by atoms with Crippen molar-refractivity contribution in [1.82, 2.24) is 10.2 Å². The average molecular weight is 369 g/mol. The molecule has 1 aromatic carbocycles. The maximum absolute atomic E-state index is 5.53. The van der Waals surface area contributed by atoms with Gasteiger partial charge in [-0.1, -0.05) is 12.8 Å². The van der Waals surface area contributed by atoms with Gasteiger partial charge in [0.05, 0.1) is 14.2 Å². The van der Waals surface area contributed by atoms with E-state index >= 15 is 0 Å². The predicted molar refractivity (Wildman–Crippen MR) is 91.8 cm³/mol. The molecule has 5 heteroatoms. The maximum atomic E-state index is 5.53. The zero-order valence-electron chi connectivity index (χ0n) is 13.4. The van der Waals surface area contributed by atoms with Crippen LogP contribution in [-0.4, -0.2) is 45.3 Å². The lowest BCUT2D eigenvalue weighted by atomic mass is 9.98. The first-order chi connectivity index (χ1) is 10.7. The Labute approximate surface area is 141 Å². The Kier molecular flexibility index (Phi) is 5.26. The third-order valence-electron chi connectivity index (χ3n) is 4.70. The highest BCUT2D eigenvalue weighted by molar-refractivity contribution is 9.10. The smallest absolute Gasteiger partial charge is 0.137 e. The number of nitrogens with one attached hydrogen (secondary N) is 1. The summed E-state index contributed by atoms with van der Waals surface area (Å²) < 4.78 is 12.0. The molecule has 1 saturated heterocycles. The second kappa shape index (κ2) is 7.20. The average Bonchev–Trinajstić information content (AvgIpc) is 3.38. The lowest BCUT2D eigenvalue weighted by molar-refractivity contribution is 0.160. The van der Waals surface area contributed by atoms with E-state index in [-0.39, 0.29) is 0 Å². The fourth-order valence-electron chi connectivity index (χ4n) is 3.24. The highest BCUT2D eigenvalue weighted by Crippen LogP contribution is 2.43. The van der Waals surface area contributed by atoms with Crippen molar-refractivity contribution in [2.75, 3.05) is 40.4 Å². The summed E-state index contributed by atoms with van der Waals surface area (Å²) in [5, 5.41) is 3.45. The summed E-state index contributed by atoms with van der Waals surface area (Å²) in [6.07, 6.45) is 4.01. The molecule has 0 spiro atoms. The van der Waals surface area contributed by atoms with E-state index in [2.05, 4.69) is 38.3 Å². The molecule has 22 heavy (non-hydrogen) atoms. The van der Waals surface area contributed by atoms with Gasteiger partial charge in [-0.2, -0.15) is 0 Å². The molecule has 0 unspecified atom stereocenters. The van der Waals surface area contributed by atoms with Crippen LogP contribution in [0, 0.1) is 5.92 Å². The topological polar surface area (TPSA) is 33.7 Å². The lowest BCUT2D eigenvalue weighted by Crippen LogP contribution is -2.45. The van der Waals surface area contributed by atoms with Crippen LogP contribution < -0.4 is 14.8 Å². The number of rotatable bonds is 6. The number of halogens is 1. The minimum atomic E-state index is 0.463. The molecule has 0 bridgehead atoms. The Morgan fingerprint density at radius 1 is 1.18 bits per heavy atom. The molecule has 1 atom stereocenters. The van der Waals surface area contributed by atoms with Gasteiger partial charge in [-0.15, -0.1) is 0 Å². The lowest BCUT2D eigenvalue weighted by Gasteiger charge is -2.35. The number of nitrogens with zero attached hydrogens (tertiary/aromatic N) is 1. The Hall–Kier alpha value is -0.780. The molecule has 2 fully saturated rings. The van der Waals surface area contributed by atoms with E-state index in [1.165, 1.54) is 24.8 Å². The van der Waals surface area contributed by atoms with Crippen LogP contribution in [0.2, 0.25) is 0 Å². The summed E-state index contributed by atoms with van der Waals surface area (Å²) in [5.41, 5.74) is 1.31. The van der Waals surface area contributed by atoms with Gasteiger partial charge in [0, 0.05) is 32.2 Å². The number of hydrogen-bond acceptors (Lipinski definition) is 4. The van der Waals surface area contributed by atoms with Crippen LogP contribution in [0.5, 0.6) is 11.5 Å². The standard InChI is InChI=1S/C17H25BrN2O2/c1-21-15-10-13(11-16(22-2)17(15)18)14(9-12-3-4-12)20-7-5-19-6-8-20/h10-12,14,19H,3-9H2,1-2H3/t14-/m1/s1. The van der Waals surface area contributed by atoms with Crippen LogP contribution in [0.4, 0.5) is 0 Å². The molecule has 1 saturated carbocycles. The van der Waals surface area contributed by atoms with Gasteiger partial charge in [-0.25, -0.2) is 0 Å². The van der Waals surface area contributed by atoms with Crippen molar-refractivity contribution in [3.63, 3.8) is 0 Å². The highest BCUT2D eigenvalue weighted by Gasteiger charge is 2.31. The summed E-state index contributed by atoms with van der Waals surface area (Å²) in [6, 6.07) is 4.80. The molecular formula is C17H25BrN2O2. The Morgan fingerprint density at radius 3 is 2.27 bits per heavy atom. The third kappa shape index (κ3) is 3.58. The third-order valence-corrected chi connectivity index (χ3v) is 5.48.